The van der Waals surface area contributed by atoms with E-state index in [1.54, 1.807) is 0 Å². The van der Waals surface area contributed by atoms with Gasteiger partial charge in [-0.15, -0.1) is 0 Å². The number of carbonyl (C=O) groups excluding carboxylic acids is 1. The van der Waals surface area contributed by atoms with Crippen molar-refractivity contribution in [1.29, 1.82) is 0 Å². The van der Waals surface area contributed by atoms with Gasteiger partial charge >= 0.3 is 0 Å². The largest absolute Gasteiger partial charge is 0.356 e. The van der Waals surface area contributed by atoms with Crippen LogP contribution in [0.2, 0.25) is 0 Å². The molecule has 1 N–H and O–H groups in total. The zero-order valence-corrected chi connectivity index (χ0v) is 17.1. The van der Waals surface area contributed by atoms with Gasteiger partial charge in [0.15, 0.2) is 5.78 Å². The summed E-state index contributed by atoms with van der Waals surface area (Å²) in [5.74, 6) is -0.143. The first-order valence-corrected chi connectivity index (χ1v) is 10.7. The number of Topliss-reactive ketones (excluding diaryl/α,β-unsaturated/α-hetero) is 1. The number of benzene rings is 3. The predicted octanol–water partition coefficient (Wildman–Crippen LogP) is 5.18. The first kappa shape index (κ1) is 17.6. The fourth-order valence-electron chi connectivity index (χ4n) is 5.18. The SMILES string of the molecule is O=C1[C@H](c2ccccc2)C(=S)N2[C@H](c3ccccc3)c3[nH]c4ccccc4c3C[C@H]12. The molecule has 0 unspecified atom stereocenters. The summed E-state index contributed by atoms with van der Waals surface area (Å²) in [7, 11) is 0. The molecule has 1 saturated heterocycles. The highest BCUT2D eigenvalue weighted by molar-refractivity contribution is 7.80. The van der Waals surface area contributed by atoms with Crippen molar-refractivity contribution in [1.82, 2.24) is 9.88 Å². The number of hydrogen-bond donors (Lipinski definition) is 1. The first-order chi connectivity index (χ1) is 14.7. The number of hydrogen-bond acceptors (Lipinski definition) is 2. The average molecular weight is 409 g/mol. The molecule has 0 bridgehead atoms. The molecule has 146 valence electrons. The number of aromatic nitrogens is 1. The number of H-pyrrole nitrogens is 1. The fourth-order valence-corrected chi connectivity index (χ4v) is 5.67. The van der Waals surface area contributed by atoms with Crippen LogP contribution in [0.25, 0.3) is 10.9 Å². The molecule has 4 aromatic rings. The second-order valence-electron chi connectivity index (χ2n) is 8.09. The van der Waals surface area contributed by atoms with Crippen molar-refractivity contribution < 1.29 is 4.79 Å². The molecule has 3 aromatic carbocycles. The minimum atomic E-state index is -0.354. The Morgan fingerprint density at radius 1 is 0.833 bits per heavy atom. The summed E-state index contributed by atoms with van der Waals surface area (Å²) in [6, 6.07) is 28.4. The van der Waals surface area contributed by atoms with Crippen LogP contribution in [-0.4, -0.2) is 26.7 Å². The van der Waals surface area contributed by atoms with Crippen LogP contribution in [0.4, 0.5) is 0 Å². The number of thiocarbonyl (C=S) groups is 1. The van der Waals surface area contributed by atoms with Gasteiger partial charge in [0.25, 0.3) is 0 Å². The van der Waals surface area contributed by atoms with E-state index in [0.717, 1.165) is 27.3 Å². The van der Waals surface area contributed by atoms with Crippen LogP contribution in [0, 0.1) is 0 Å². The number of rotatable bonds is 2. The molecule has 0 saturated carbocycles. The number of carbonyl (C=O) groups is 1. The Kier molecular flexibility index (Phi) is 3.90. The normalized spacial score (nSPS) is 22.9. The van der Waals surface area contributed by atoms with Crippen molar-refractivity contribution in [3.8, 4) is 0 Å². The van der Waals surface area contributed by atoms with E-state index in [4.69, 9.17) is 12.2 Å². The summed E-state index contributed by atoms with van der Waals surface area (Å²) in [6.45, 7) is 0. The van der Waals surface area contributed by atoms with Crippen molar-refractivity contribution >= 4 is 33.9 Å². The third kappa shape index (κ3) is 2.44. The molecular weight excluding hydrogens is 388 g/mol. The highest BCUT2D eigenvalue weighted by atomic mass is 32.1. The molecule has 0 radical (unpaired) electrons. The highest BCUT2D eigenvalue weighted by Gasteiger charge is 2.51. The fraction of sp³-hybridized carbons (Fsp3) is 0.154. The van der Waals surface area contributed by atoms with Gasteiger partial charge in [0, 0.05) is 23.0 Å². The standard InChI is InChI=1S/C26H20N2OS/c29-25-21-15-19-18-13-7-8-14-20(18)27-23(19)24(17-11-5-2-6-12-17)28(21)26(30)22(25)16-9-3-1-4-10-16/h1-14,21-22,24,27H,15H2/t21-,22+,24-/m1/s1. The molecular formula is C26H20N2OS. The summed E-state index contributed by atoms with van der Waals surface area (Å²) in [5, 5.41) is 1.20. The van der Waals surface area contributed by atoms with Crippen LogP contribution in [0.5, 0.6) is 0 Å². The Morgan fingerprint density at radius 2 is 1.47 bits per heavy atom. The zero-order valence-electron chi connectivity index (χ0n) is 16.3. The molecule has 3 nitrogen and oxygen atoms in total. The quantitative estimate of drug-likeness (QED) is 0.465. The Morgan fingerprint density at radius 3 is 2.20 bits per heavy atom. The van der Waals surface area contributed by atoms with Crippen LogP contribution in [-0.2, 0) is 11.2 Å². The van der Waals surface area contributed by atoms with Gasteiger partial charge in [-0.1, -0.05) is 91.1 Å². The molecule has 0 amide bonds. The predicted molar refractivity (Wildman–Crippen MR) is 123 cm³/mol. The van der Waals surface area contributed by atoms with E-state index in [1.165, 1.54) is 10.9 Å². The van der Waals surface area contributed by atoms with Gasteiger partial charge in [0.2, 0.25) is 0 Å². The minimum absolute atomic E-state index is 0.0856. The molecule has 3 atom stereocenters. The maximum Gasteiger partial charge on any atom is 0.169 e. The van der Waals surface area contributed by atoms with Gasteiger partial charge in [-0.05, 0) is 22.8 Å². The van der Waals surface area contributed by atoms with Crippen molar-refractivity contribution in [2.24, 2.45) is 0 Å². The van der Waals surface area contributed by atoms with E-state index in [1.807, 2.05) is 42.5 Å². The maximum absolute atomic E-state index is 13.7. The highest BCUT2D eigenvalue weighted by Crippen LogP contribution is 2.47. The third-order valence-electron chi connectivity index (χ3n) is 6.49. The first-order valence-electron chi connectivity index (χ1n) is 10.3. The van der Waals surface area contributed by atoms with Crippen molar-refractivity contribution in [2.45, 2.75) is 24.4 Å². The van der Waals surface area contributed by atoms with Crippen LogP contribution in [0.3, 0.4) is 0 Å². The molecule has 30 heavy (non-hydrogen) atoms. The van der Waals surface area contributed by atoms with Gasteiger partial charge < -0.3 is 9.88 Å². The summed E-state index contributed by atoms with van der Waals surface area (Å²) in [6.07, 6.45) is 0.686. The van der Waals surface area contributed by atoms with Crippen LogP contribution < -0.4 is 0 Å². The van der Waals surface area contributed by atoms with E-state index in [2.05, 4.69) is 52.3 Å². The molecule has 4 heteroatoms. The molecule has 1 fully saturated rings. The van der Waals surface area contributed by atoms with Gasteiger partial charge in [0.1, 0.15) is 0 Å². The van der Waals surface area contributed by atoms with Gasteiger partial charge in [-0.25, -0.2) is 0 Å². The lowest BCUT2D eigenvalue weighted by Crippen LogP contribution is -2.43. The number of nitrogens with one attached hydrogen (secondary N) is 1. The summed E-state index contributed by atoms with van der Waals surface area (Å²) >= 11 is 5.98. The topological polar surface area (TPSA) is 36.1 Å². The van der Waals surface area contributed by atoms with Crippen LogP contribution >= 0.6 is 12.2 Å². The van der Waals surface area contributed by atoms with Crippen molar-refractivity contribution in [3.05, 3.63) is 107 Å². The maximum atomic E-state index is 13.7. The lowest BCUT2D eigenvalue weighted by atomic mass is 9.87. The molecule has 2 aliphatic rings. The second kappa shape index (κ2) is 6.64. The Bertz CT molecular complexity index is 1280. The van der Waals surface area contributed by atoms with E-state index in [9.17, 15) is 4.79 Å². The Labute approximate surface area is 180 Å². The van der Waals surface area contributed by atoms with Crippen molar-refractivity contribution in [3.63, 3.8) is 0 Å². The Balaban J connectivity index is 1.56. The average Bonchev–Trinajstić information content (AvgIpc) is 3.28. The molecule has 0 spiro atoms. The number of fused-ring (bicyclic) bond motifs is 4. The monoisotopic (exact) mass is 408 g/mol. The molecule has 6 rings (SSSR count). The van der Waals surface area contributed by atoms with E-state index >= 15 is 0 Å². The van der Waals surface area contributed by atoms with Crippen LogP contribution in [0.1, 0.15) is 34.3 Å². The van der Waals surface area contributed by atoms with E-state index < -0.39 is 0 Å². The minimum Gasteiger partial charge on any atom is -0.356 e. The number of nitrogens with zero attached hydrogens (tertiary/aromatic N) is 1. The number of aromatic amines is 1. The molecule has 1 aromatic heterocycles. The Hall–Kier alpha value is -3.24. The smallest absolute Gasteiger partial charge is 0.169 e. The van der Waals surface area contributed by atoms with Gasteiger partial charge in [0.05, 0.1) is 23.0 Å². The van der Waals surface area contributed by atoms with E-state index in [-0.39, 0.29) is 23.8 Å². The van der Waals surface area contributed by atoms with Crippen molar-refractivity contribution in [2.75, 3.05) is 0 Å². The zero-order chi connectivity index (χ0) is 20.2. The summed E-state index contributed by atoms with van der Waals surface area (Å²) in [5.41, 5.74) is 5.65. The van der Waals surface area contributed by atoms with Gasteiger partial charge in [-0.2, -0.15) is 0 Å². The number of ketones is 1. The second-order valence-corrected chi connectivity index (χ2v) is 8.51. The lowest BCUT2D eigenvalue weighted by molar-refractivity contribution is -0.121. The molecule has 2 aliphatic heterocycles. The lowest BCUT2D eigenvalue weighted by Gasteiger charge is -2.38. The summed E-state index contributed by atoms with van der Waals surface area (Å²) in [4.78, 5) is 20.2. The van der Waals surface area contributed by atoms with E-state index in [0.29, 0.717) is 6.42 Å². The van der Waals surface area contributed by atoms with Crippen LogP contribution in [0.15, 0.2) is 84.9 Å². The molecule has 0 aliphatic carbocycles. The number of para-hydroxylation sites is 1. The van der Waals surface area contributed by atoms with Gasteiger partial charge in [-0.3, -0.25) is 4.79 Å². The summed E-state index contributed by atoms with van der Waals surface area (Å²) < 4.78 is 0. The molecule has 3 heterocycles. The third-order valence-corrected chi connectivity index (χ3v) is 6.94.